The van der Waals surface area contributed by atoms with Crippen LogP contribution in [0.3, 0.4) is 0 Å². The molecule has 3 atom stereocenters. The van der Waals surface area contributed by atoms with Crippen LogP contribution in [0.4, 0.5) is 0 Å². The summed E-state index contributed by atoms with van der Waals surface area (Å²) in [5, 5.41) is 29.6. The zero-order valence-corrected chi connectivity index (χ0v) is 8.72. The van der Waals surface area contributed by atoms with Crippen molar-refractivity contribution in [3.63, 3.8) is 0 Å². The third kappa shape index (κ3) is 3.19. The molecule has 1 aliphatic rings. The van der Waals surface area contributed by atoms with E-state index in [1.807, 2.05) is 0 Å². The Kier molecular flexibility index (Phi) is 5.07. The van der Waals surface area contributed by atoms with E-state index >= 15 is 0 Å². The summed E-state index contributed by atoms with van der Waals surface area (Å²) in [6, 6.07) is -0.541. The van der Waals surface area contributed by atoms with E-state index in [1.165, 1.54) is 0 Å². The van der Waals surface area contributed by atoms with E-state index in [0.717, 1.165) is 12.8 Å². The zero-order valence-electron chi connectivity index (χ0n) is 8.72. The Bertz CT molecular complexity index is 214. The Morgan fingerprint density at radius 3 is 2.80 bits per heavy atom. The van der Waals surface area contributed by atoms with Crippen molar-refractivity contribution < 1.29 is 20.0 Å². The molecule has 1 heterocycles. The van der Waals surface area contributed by atoms with E-state index in [0.29, 0.717) is 12.9 Å². The lowest BCUT2D eigenvalue weighted by Crippen LogP contribution is -2.36. The van der Waals surface area contributed by atoms with Crippen LogP contribution in [0, 0.1) is 11.8 Å². The molecule has 1 saturated heterocycles. The van der Waals surface area contributed by atoms with Gasteiger partial charge in [-0.1, -0.05) is 12.7 Å². The smallest absolute Gasteiger partial charge is 0.320 e. The number of carboxylic acid groups (broad SMARTS) is 1. The first kappa shape index (κ1) is 12.5. The minimum absolute atomic E-state index is 0.0148. The number of carboxylic acids is 1. The maximum atomic E-state index is 10.9. The summed E-state index contributed by atoms with van der Waals surface area (Å²) < 4.78 is 0. The van der Waals surface area contributed by atoms with Gasteiger partial charge in [0, 0.05) is 13.2 Å². The van der Waals surface area contributed by atoms with Crippen molar-refractivity contribution in [2.24, 2.45) is 11.8 Å². The number of aliphatic hydroxyl groups is 1. The van der Waals surface area contributed by atoms with Gasteiger partial charge in [0.25, 0.3) is 7.48 Å². The molecule has 86 valence electrons. The number of carbonyl (C=O) groups is 1. The molecule has 0 amide bonds. The molecule has 0 spiro atoms. The second-order valence-electron chi connectivity index (χ2n) is 4.05. The average Bonchev–Trinajstić information content (AvgIpc) is 2.61. The van der Waals surface area contributed by atoms with Crippen LogP contribution < -0.4 is 5.32 Å². The lowest BCUT2D eigenvalue weighted by atomic mass is 9.83. The van der Waals surface area contributed by atoms with Gasteiger partial charge in [-0.25, -0.2) is 0 Å². The van der Waals surface area contributed by atoms with E-state index in [2.05, 4.69) is 5.32 Å². The zero-order chi connectivity index (χ0) is 11.3. The number of hydrogen-bond acceptors (Lipinski definition) is 4. The van der Waals surface area contributed by atoms with Crippen LogP contribution >= 0.6 is 0 Å². The number of rotatable bonds is 6. The standard InChI is InChI=1S/C9H18BNO4/c12-5-6-4-11-8(9(13)14)7(6)2-1-3-10-15/h6-8,10-12,15H,1-5H2,(H,13,14)/t6?,7-,8+/m1/s1. The van der Waals surface area contributed by atoms with Crippen molar-refractivity contribution >= 4 is 13.5 Å². The first-order valence-corrected chi connectivity index (χ1v) is 5.38. The Labute approximate surface area is 89.8 Å². The predicted octanol–water partition coefficient (Wildman–Crippen LogP) is -1.19. The lowest BCUT2D eigenvalue weighted by molar-refractivity contribution is -0.140. The quantitative estimate of drug-likeness (QED) is 0.330. The summed E-state index contributed by atoms with van der Waals surface area (Å²) in [6.45, 7) is 0.595. The molecular weight excluding hydrogens is 197 g/mol. The number of aliphatic carboxylic acids is 1. The van der Waals surface area contributed by atoms with Crippen molar-refractivity contribution in [3.8, 4) is 0 Å². The van der Waals surface area contributed by atoms with Crippen molar-refractivity contribution in [2.75, 3.05) is 13.2 Å². The van der Waals surface area contributed by atoms with Gasteiger partial charge in [0.2, 0.25) is 0 Å². The molecule has 5 nitrogen and oxygen atoms in total. The van der Waals surface area contributed by atoms with E-state index in [9.17, 15) is 4.79 Å². The molecule has 0 aromatic carbocycles. The molecule has 1 unspecified atom stereocenters. The van der Waals surface area contributed by atoms with E-state index in [4.69, 9.17) is 15.2 Å². The first-order valence-electron chi connectivity index (χ1n) is 5.38. The molecule has 0 aliphatic carbocycles. The van der Waals surface area contributed by atoms with Gasteiger partial charge in [-0.2, -0.15) is 0 Å². The first-order chi connectivity index (χ1) is 7.20. The van der Waals surface area contributed by atoms with Crippen LogP contribution in [0.25, 0.3) is 0 Å². The highest BCUT2D eigenvalue weighted by molar-refractivity contribution is 6.25. The van der Waals surface area contributed by atoms with Gasteiger partial charge in [-0.05, 0) is 18.3 Å². The second kappa shape index (κ2) is 6.10. The largest absolute Gasteiger partial charge is 0.480 e. The monoisotopic (exact) mass is 215 g/mol. The molecule has 6 heteroatoms. The number of hydrogen-bond donors (Lipinski definition) is 4. The van der Waals surface area contributed by atoms with E-state index in [-0.39, 0.29) is 25.9 Å². The highest BCUT2D eigenvalue weighted by Crippen LogP contribution is 2.27. The van der Waals surface area contributed by atoms with Crippen molar-refractivity contribution in [1.29, 1.82) is 0 Å². The fourth-order valence-corrected chi connectivity index (χ4v) is 2.22. The van der Waals surface area contributed by atoms with Gasteiger partial charge in [-0.15, -0.1) is 0 Å². The van der Waals surface area contributed by atoms with Crippen molar-refractivity contribution in [2.45, 2.75) is 25.2 Å². The summed E-state index contributed by atoms with van der Waals surface area (Å²) in [6.07, 6.45) is 2.25. The van der Waals surface area contributed by atoms with Crippen LogP contribution in [0.15, 0.2) is 0 Å². The van der Waals surface area contributed by atoms with E-state index in [1.54, 1.807) is 0 Å². The van der Waals surface area contributed by atoms with Gasteiger partial charge in [0.1, 0.15) is 6.04 Å². The highest BCUT2D eigenvalue weighted by atomic mass is 16.4. The SMILES string of the molecule is O=C(O)[C@H]1NCC(CO)[C@H]1CCCBO. The molecular formula is C9H18BNO4. The predicted molar refractivity (Wildman–Crippen MR) is 56.9 cm³/mol. The molecule has 0 aromatic heterocycles. The Hall–Kier alpha value is -0.585. The molecule has 0 radical (unpaired) electrons. The molecule has 1 aliphatic heterocycles. The number of aliphatic hydroxyl groups excluding tert-OH is 1. The Morgan fingerprint density at radius 2 is 2.27 bits per heavy atom. The normalized spacial score (nSPS) is 30.4. The van der Waals surface area contributed by atoms with Crippen molar-refractivity contribution in [1.82, 2.24) is 5.32 Å². The van der Waals surface area contributed by atoms with Crippen LogP contribution in [-0.4, -0.2) is 47.9 Å². The molecule has 0 bridgehead atoms. The van der Waals surface area contributed by atoms with E-state index < -0.39 is 12.0 Å². The molecule has 1 rings (SSSR count). The summed E-state index contributed by atoms with van der Waals surface area (Å²) in [7, 11) is 0.141. The van der Waals surface area contributed by atoms with Crippen LogP contribution in [0.5, 0.6) is 0 Å². The Balaban J connectivity index is 2.48. The fraction of sp³-hybridized carbons (Fsp3) is 0.889. The fourth-order valence-electron chi connectivity index (χ4n) is 2.22. The summed E-state index contributed by atoms with van der Waals surface area (Å²) in [4.78, 5) is 10.9. The van der Waals surface area contributed by atoms with Gasteiger partial charge >= 0.3 is 5.97 Å². The van der Waals surface area contributed by atoms with Gasteiger partial charge in [0.15, 0.2) is 0 Å². The molecule has 0 saturated carbocycles. The maximum Gasteiger partial charge on any atom is 0.320 e. The third-order valence-corrected chi connectivity index (χ3v) is 3.08. The van der Waals surface area contributed by atoms with Crippen molar-refractivity contribution in [3.05, 3.63) is 0 Å². The second-order valence-corrected chi connectivity index (χ2v) is 4.05. The Morgan fingerprint density at radius 1 is 1.53 bits per heavy atom. The average molecular weight is 215 g/mol. The maximum absolute atomic E-state index is 10.9. The molecule has 0 aromatic rings. The highest BCUT2D eigenvalue weighted by Gasteiger charge is 2.38. The van der Waals surface area contributed by atoms with Crippen LogP contribution in [0.2, 0.25) is 6.32 Å². The minimum atomic E-state index is -0.847. The summed E-state index contributed by atoms with van der Waals surface area (Å²) in [5.41, 5.74) is 0. The van der Waals surface area contributed by atoms with Crippen LogP contribution in [-0.2, 0) is 4.79 Å². The van der Waals surface area contributed by atoms with Gasteiger partial charge in [0.05, 0.1) is 0 Å². The van der Waals surface area contributed by atoms with Gasteiger partial charge < -0.3 is 20.6 Å². The van der Waals surface area contributed by atoms with Crippen LogP contribution in [0.1, 0.15) is 12.8 Å². The lowest BCUT2D eigenvalue weighted by Gasteiger charge is -2.19. The summed E-state index contributed by atoms with van der Waals surface area (Å²) >= 11 is 0. The minimum Gasteiger partial charge on any atom is -0.480 e. The van der Waals surface area contributed by atoms with Gasteiger partial charge in [-0.3, -0.25) is 4.79 Å². The third-order valence-electron chi connectivity index (χ3n) is 3.08. The molecule has 1 fully saturated rings. The molecule has 4 N–H and O–H groups in total. The topological polar surface area (TPSA) is 89.8 Å². The summed E-state index contributed by atoms with van der Waals surface area (Å²) in [5.74, 6) is -0.830. The number of nitrogens with one attached hydrogen (secondary N) is 1. The molecule has 15 heavy (non-hydrogen) atoms.